The predicted octanol–water partition coefficient (Wildman–Crippen LogP) is 2.42. The first-order chi connectivity index (χ1) is 12.4. The number of methoxy groups -OCH3 is 2. The third-order valence-corrected chi connectivity index (χ3v) is 5.00. The third-order valence-electron chi connectivity index (χ3n) is 4.10. The highest BCUT2D eigenvalue weighted by Gasteiger charge is 2.13. The van der Waals surface area contributed by atoms with Crippen LogP contribution in [0.25, 0.3) is 4.96 Å². The number of ether oxygens (including phenoxy) is 2. The number of rotatable bonds is 6. The smallest absolute Gasteiger partial charge is 0.275 e. The van der Waals surface area contributed by atoms with E-state index in [9.17, 15) is 4.79 Å². The van der Waals surface area contributed by atoms with E-state index in [1.54, 1.807) is 14.2 Å². The summed E-state index contributed by atoms with van der Waals surface area (Å²) in [6.07, 6.45) is 0. The van der Waals surface area contributed by atoms with Crippen molar-refractivity contribution in [3.05, 3.63) is 50.4 Å². The van der Waals surface area contributed by atoms with Gasteiger partial charge in [-0.05, 0) is 44.2 Å². The second-order valence-corrected chi connectivity index (χ2v) is 7.27. The molecule has 0 amide bonds. The zero-order valence-electron chi connectivity index (χ0n) is 15.6. The lowest BCUT2D eigenvalue weighted by Gasteiger charge is -2.18. The summed E-state index contributed by atoms with van der Waals surface area (Å²) >= 11 is 1.44. The molecule has 0 unspecified atom stereocenters. The van der Waals surface area contributed by atoms with Crippen LogP contribution < -0.4 is 15.0 Å². The number of fused-ring (bicyclic) bond motifs is 1. The Hall–Kier alpha value is -2.45. The first-order valence-electron chi connectivity index (χ1n) is 8.17. The molecule has 2 aromatic heterocycles. The summed E-state index contributed by atoms with van der Waals surface area (Å²) < 4.78 is 12.1. The number of benzene rings is 1. The van der Waals surface area contributed by atoms with Crippen molar-refractivity contribution >= 4 is 16.3 Å². The summed E-state index contributed by atoms with van der Waals surface area (Å²) in [7, 11) is 5.28. The maximum absolute atomic E-state index is 12.0. The van der Waals surface area contributed by atoms with E-state index >= 15 is 0 Å². The standard InChI is InChI=1S/C18H22N4O3S/c1-11-6-14(24-4)15(25-5)8-13(11)9-21(3)10-16-20-22-17(23)7-12(2)19-18(22)26-16/h6-8H,9-10H2,1-5H3. The second kappa shape index (κ2) is 7.43. The molecule has 0 aliphatic heterocycles. The van der Waals surface area contributed by atoms with Crippen molar-refractivity contribution in [1.82, 2.24) is 19.5 Å². The van der Waals surface area contributed by atoms with Gasteiger partial charge in [0.25, 0.3) is 5.56 Å². The van der Waals surface area contributed by atoms with Gasteiger partial charge in [-0.25, -0.2) is 4.98 Å². The zero-order valence-corrected chi connectivity index (χ0v) is 16.4. The SMILES string of the molecule is COc1cc(C)c(CN(C)Cc2nn3c(=O)cc(C)nc3s2)cc1OC. The van der Waals surface area contributed by atoms with Crippen molar-refractivity contribution in [2.24, 2.45) is 0 Å². The van der Waals surface area contributed by atoms with Crippen molar-refractivity contribution in [3.63, 3.8) is 0 Å². The molecule has 7 nitrogen and oxygen atoms in total. The van der Waals surface area contributed by atoms with Gasteiger partial charge in [-0.2, -0.15) is 9.61 Å². The van der Waals surface area contributed by atoms with Crippen molar-refractivity contribution in [3.8, 4) is 11.5 Å². The summed E-state index contributed by atoms with van der Waals surface area (Å²) in [4.78, 5) is 19.1. The Bertz CT molecular complexity index is 996. The van der Waals surface area contributed by atoms with E-state index in [1.165, 1.54) is 21.9 Å². The lowest BCUT2D eigenvalue weighted by Crippen LogP contribution is -2.19. The minimum absolute atomic E-state index is 0.145. The molecule has 0 N–H and O–H groups in total. The summed E-state index contributed by atoms with van der Waals surface area (Å²) in [5, 5.41) is 5.24. The van der Waals surface area contributed by atoms with Crippen molar-refractivity contribution in [2.45, 2.75) is 26.9 Å². The van der Waals surface area contributed by atoms with Gasteiger partial charge in [0, 0.05) is 18.3 Å². The van der Waals surface area contributed by atoms with Crippen LogP contribution in [0.2, 0.25) is 0 Å². The fourth-order valence-corrected chi connectivity index (χ4v) is 3.82. The quantitative estimate of drug-likeness (QED) is 0.660. The molecule has 26 heavy (non-hydrogen) atoms. The average molecular weight is 374 g/mol. The first-order valence-corrected chi connectivity index (χ1v) is 8.99. The van der Waals surface area contributed by atoms with E-state index < -0.39 is 0 Å². The van der Waals surface area contributed by atoms with Crippen molar-refractivity contribution in [2.75, 3.05) is 21.3 Å². The highest BCUT2D eigenvalue weighted by Crippen LogP contribution is 2.30. The van der Waals surface area contributed by atoms with Gasteiger partial charge >= 0.3 is 0 Å². The Kier molecular flexibility index (Phi) is 5.24. The molecule has 0 aliphatic rings. The topological polar surface area (TPSA) is 69.0 Å². The third kappa shape index (κ3) is 3.71. The van der Waals surface area contributed by atoms with Crippen LogP contribution in [0.5, 0.6) is 11.5 Å². The van der Waals surface area contributed by atoms with E-state index in [2.05, 4.69) is 21.9 Å². The van der Waals surface area contributed by atoms with Crippen LogP contribution in [-0.4, -0.2) is 40.8 Å². The highest BCUT2D eigenvalue weighted by molar-refractivity contribution is 7.16. The summed E-state index contributed by atoms with van der Waals surface area (Å²) in [6, 6.07) is 5.47. The minimum atomic E-state index is -0.145. The molecule has 0 fully saturated rings. The van der Waals surface area contributed by atoms with E-state index in [1.807, 2.05) is 26.1 Å². The Balaban J connectivity index is 1.80. The average Bonchev–Trinajstić information content (AvgIpc) is 2.98. The fourth-order valence-electron chi connectivity index (χ4n) is 2.79. The molecule has 3 aromatic rings. The van der Waals surface area contributed by atoms with Gasteiger partial charge in [-0.3, -0.25) is 9.69 Å². The molecule has 8 heteroatoms. The van der Waals surface area contributed by atoms with Crippen LogP contribution >= 0.6 is 11.3 Å². The van der Waals surface area contributed by atoms with Gasteiger partial charge in [0.1, 0.15) is 5.01 Å². The van der Waals surface area contributed by atoms with Crippen LogP contribution in [0.3, 0.4) is 0 Å². The van der Waals surface area contributed by atoms with E-state index in [0.29, 0.717) is 22.9 Å². The van der Waals surface area contributed by atoms with Gasteiger partial charge in [-0.1, -0.05) is 11.3 Å². The lowest BCUT2D eigenvalue weighted by atomic mass is 10.1. The lowest BCUT2D eigenvalue weighted by molar-refractivity contribution is 0.314. The van der Waals surface area contributed by atoms with Crippen molar-refractivity contribution < 1.29 is 9.47 Å². The molecular formula is C18H22N4O3S. The van der Waals surface area contributed by atoms with E-state index in [4.69, 9.17) is 9.47 Å². The number of aryl methyl sites for hydroxylation is 2. The Labute approximate surface area is 155 Å². The first kappa shape index (κ1) is 18.3. The molecule has 1 aromatic carbocycles. The fraction of sp³-hybridized carbons (Fsp3) is 0.389. The van der Waals surface area contributed by atoms with Crippen LogP contribution in [0.15, 0.2) is 23.0 Å². The van der Waals surface area contributed by atoms with Crippen LogP contribution in [0, 0.1) is 13.8 Å². The summed E-state index contributed by atoms with van der Waals surface area (Å²) in [5.74, 6) is 1.44. The van der Waals surface area contributed by atoms with Crippen LogP contribution in [0.4, 0.5) is 0 Å². The minimum Gasteiger partial charge on any atom is -0.493 e. The Morgan fingerprint density at radius 1 is 1.12 bits per heavy atom. The molecule has 0 aliphatic carbocycles. The number of aromatic nitrogens is 3. The normalized spacial score (nSPS) is 11.3. The van der Waals surface area contributed by atoms with Crippen molar-refractivity contribution in [1.29, 1.82) is 0 Å². The molecule has 138 valence electrons. The Morgan fingerprint density at radius 2 is 1.81 bits per heavy atom. The molecule has 0 saturated heterocycles. The molecule has 0 atom stereocenters. The van der Waals surface area contributed by atoms with Crippen LogP contribution in [-0.2, 0) is 13.1 Å². The molecular weight excluding hydrogens is 352 g/mol. The molecule has 2 heterocycles. The molecule has 0 bridgehead atoms. The summed E-state index contributed by atoms with van der Waals surface area (Å²) in [6.45, 7) is 5.21. The number of hydrogen-bond acceptors (Lipinski definition) is 7. The number of hydrogen-bond donors (Lipinski definition) is 0. The molecule has 0 saturated carbocycles. The van der Waals surface area contributed by atoms with Gasteiger partial charge < -0.3 is 9.47 Å². The summed E-state index contributed by atoms with van der Waals surface area (Å²) in [5.41, 5.74) is 2.85. The highest BCUT2D eigenvalue weighted by atomic mass is 32.1. The molecule has 0 radical (unpaired) electrons. The maximum atomic E-state index is 12.0. The number of nitrogens with zero attached hydrogens (tertiary/aromatic N) is 4. The molecule has 3 rings (SSSR count). The van der Waals surface area contributed by atoms with Gasteiger partial charge in [0.15, 0.2) is 11.5 Å². The van der Waals surface area contributed by atoms with Gasteiger partial charge in [0.2, 0.25) is 4.96 Å². The monoisotopic (exact) mass is 374 g/mol. The predicted molar refractivity (Wildman–Crippen MR) is 101 cm³/mol. The zero-order chi connectivity index (χ0) is 18.8. The Morgan fingerprint density at radius 3 is 2.50 bits per heavy atom. The van der Waals surface area contributed by atoms with E-state index in [-0.39, 0.29) is 5.56 Å². The molecule has 0 spiro atoms. The maximum Gasteiger partial charge on any atom is 0.275 e. The van der Waals surface area contributed by atoms with Gasteiger partial charge in [-0.15, -0.1) is 0 Å². The largest absolute Gasteiger partial charge is 0.493 e. The van der Waals surface area contributed by atoms with E-state index in [0.717, 1.165) is 28.4 Å². The van der Waals surface area contributed by atoms with Gasteiger partial charge in [0.05, 0.1) is 20.8 Å². The second-order valence-electron chi connectivity index (χ2n) is 6.23. The van der Waals surface area contributed by atoms with Crippen LogP contribution in [0.1, 0.15) is 21.8 Å².